The summed E-state index contributed by atoms with van der Waals surface area (Å²) in [5.41, 5.74) is 3.02. The van der Waals surface area contributed by atoms with Gasteiger partial charge in [0.25, 0.3) is 0 Å². The van der Waals surface area contributed by atoms with E-state index in [1.54, 1.807) is 9.58 Å². The lowest BCUT2D eigenvalue weighted by Crippen LogP contribution is -2.33. The predicted molar refractivity (Wildman–Crippen MR) is 95.3 cm³/mol. The van der Waals surface area contributed by atoms with Gasteiger partial charge < -0.3 is 4.90 Å². The van der Waals surface area contributed by atoms with Crippen molar-refractivity contribution in [2.24, 2.45) is 0 Å². The van der Waals surface area contributed by atoms with Gasteiger partial charge in [-0.05, 0) is 60.4 Å². The first-order chi connectivity index (χ1) is 12.1. The number of thioether (sulfide) groups is 1. The number of benzene rings is 1. The third kappa shape index (κ3) is 4.37. The van der Waals surface area contributed by atoms with Gasteiger partial charge in [-0.25, -0.2) is 4.68 Å². The second-order valence-electron chi connectivity index (χ2n) is 6.23. The van der Waals surface area contributed by atoms with Crippen LogP contribution >= 0.6 is 11.8 Å². The highest BCUT2D eigenvalue weighted by molar-refractivity contribution is 7.99. The molecule has 0 radical (unpaired) electrons. The van der Waals surface area contributed by atoms with E-state index < -0.39 is 0 Å². The van der Waals surface area contributed by atoms with Crippen LogP contribution in [0, 0.1) is 25.2 Å². The quantitative estimate of drug-likeness (QED) is 0.709. The SMILES string of the molecule is Cc1cc(C)cc(N(CCC#N)C(=O)CSc2nnnn2C2CC2)c1. The van der Waals surface area contributed by atoms with Gasteiger partial charge >= 0.3 is 0 Å². The van der Waals surface area contributed by atoms with Crippen LogP contribution in [0.5, 0.6) is 0 Å². The number of tetrazole rings is 1. The fraction of sp³-hybridized carbons (Fsp3) is 0.471. The van der Waals surface area contributed by atoms with Crippen LogP contribution in [-0.4, -0.2) is 38.4 Å². The minimum absolute atomic E-state index is 0.0457. The summed E-state index contributed by atoms with van der Waals surface area (Å²) in [7, 11) is 0. The van der Waals surface area contributed by atoms with Crippen molar-refractivity contribution in [1.29, 1.82) is 5.26 Å². The number of nitrogens with zero attached hydrogens (tertiary/aromatic N) is 6. The van der Waals surface area contributed by atoms with E-state index in [1.165, 1.54) is 11.8 Å². The second-order valence-corrected chi connectivity index (χ2v) is 7.17. The molecule has 0 N–H and O–H groups in total. The molecule has 1 aromatic heterocycles. The molecular formula is C17H20N6OS. The van der Waals surface area contributed by atoms with Gasteiger partial charge in [-0.3, -0.25) is 4.79 Å². The smallest absolute Gasteiger partial charge is 0.237 e. The average Bonchev–Trinajstić information content (AvgIpc) is 3.30. The molecule has 1 amide bonds. The zero-order chi connectivity index (χ0) is 17.8. The molecule has 1 aliphatic rings. The number of anilines is 1. The Hall–Kier alpha value is -2.40. The molecule has 25 heavy (non-hydrogen) atoms. The van der Waals surface area contributed by atoms with Crippen molar-refractivity contribution >= 4 is 23.4 Å². The molecule has 8 heteroatoms. The van der Waals surface area contributed by atoms with Crippen LogP contribution in [0.2, 0.25) is 0 Å². The minimum Gasteiger partial charge on any atom is -0.311 e. The predicted octanol–water partition coefficient (Wildman–Crippen LogP) is 2.66. The lowest BCUT2D eigenvalue weighted by molar-refractivity contribution is -0.116. The van der Waals surface area contributed by atoms with Crippen LogP contribution in [-0.2, 0) is 4.79 Å². The summed E-state index contributed by atoms with van der Waals surface area (Å²) < 4.78 is 1.80. The molecule has 7 nitrogen and oxygen atoms in total. The molecule has 1 aromatic carbocycles. The van der Waals surface area contributed by atoms with Crippen LogP contribution in [0.15, 0.2) is 23.4 Å². The fourth-order valence-corrected chi connectivity index (χ4v) is 3.52. The number of aromatic nitrogens is 4. The largest absolute Gasteiger partial charge is 0.311 e. The molecule has 0 spiro atoms. The molecule has 130 valence electrons. The Morgan fingerprint density at radius 1 is 1.36 bits per heavy atom. The molecule has 0 bridgehead atoms. The fourth-order valence-electron chi connectivity index (χ4n) is 2.70. The Kier molecular flexibility index (Phi) is 5.34. The lowest BCUT2D eigenvalue weighted by Gasteiger charge is -2.22. The molecule has 1 saturated carbocycles. The Labute approximate surface area is 151 Å². The Balaban J connectivity index is 1.72. The van der Waals surface area contributed by atoms with E-state index in [-0.39, 0.29) is 11.7 Å². The summed E-state index contributed by atoms with van der Waals surface area (Å²) in [6.45, 7) is 4.39. The maximum Gasteiger partial charge on any atom is 0.237 e. The Morgan fingerprint density at radius 3 is 2.72 bits per heavy atom. The molecule has 2 aromatic rings. The molecule has 1 fully saturated rings. The second kappa shape index (κ2) is 7.66. The number of aryl methyl sites for hydroxylation is 2. The van der Waals surface area contributed by atoms with Crippen molar-refractivity contribution in [3.05, 3.63) is 29.3 Å². The van der Waals surface area contributed by atoms with Crippen molar-refractivity contribution in [2.75, 3.05) is 17.2 Å². The monoisotopic (exact) mass is 356 g/mol. The van der Waals surface area contributed by atoms with Gasteiger partial charge in [0.05, 0.1) is 24.3 Å². The standard InChI is InChI=1S/C17H20N6OS/c1-12-8-13(2)10-15(9-12)22(7-3-6-18)16(24)11-25-17-19-20-21-23(17)14-4-5-14/h8-10,14H,3-5,7,11H2,1-2H3. The Bertz CT molecular complexity index is 787. The van der Waals surface area contributed by atoms with Gasteiger partial charge in [-0.2, -0.15) is 5.26 Å². The molecule has 1 aliphatic carbocycles. The van der Waals surface area contributed by atoms with Crippen LogP contribution in [0.4, 0.5) is 5.69 Å². The number of carbonyl (C=O) groups is 1. The third-order valence-electron chi connectivity index (χ3n) is 3.95. The molecule has 1 heterocycles. The van der Waals surface area contributed by atoms with E-state index in [0.717, 1.165) is 29.7 Å². The average molecular weight is 356 g/mol. The van der Waals surface area contributed by atoms with E-state index >= 15 is 0 Å². The number of nitriles is 1. The molecule has 0 aliphatic heterocycles. The van der Waals surface area contributed by atoms with Gasteiger partial charge in [0.1, 0.15) is 0 Å². The molecule has 0 atom stereocenters. The van der Waals surface area contributed by atoms with E-state index in [4.69, 9.17) is 5.26 Å². The number of rotatable bonds is 7. The van der Waals surface area contributed by atoms with Crippen LogP contribution in [0.1, 0.15) is 36.4 Å². The van der Waals surface area contributed by atoms with Gasteiger partial charge in [0.2, 0.25) is 11.1 Å². The van der Waals surface area contributed by atoms with Gasteiger partial charge in [-0.15, -0.1) is 5.10 Å². The van der Waals surface area contributed by atoms with Crippen molar-refractivity contribution in [2.45, 2.75) is 44.3 Å². The maximum atomic E-state index is 12.8. The van der Waals surface area contributed by atoms with E-state index in [9.17, 15) is 4.79 Å². The van der Waals surface area contributed by atoms with Crippen LogP contribution in [0.25, 0.3) is 0 Å². The highest BCUT2D eigenvalue weighted by Gasteiger charge is 2.28. The van der Waals surface area contributed by atoms with E-state index in [2.05, 4.69) is 27.7 Å². The maximum absolute atomic E-state index is 12.8. The summed E-state index contributed by atoms with van der Waals surface area (Å²) in [6.07, 6.45) is 2.47. The van der Waals surface area contributed by atoms with Gasteiger partial charge in [-0.1, -0.05) is 17.8 Å². The number of amides is 1. The van der Waals surface area contributed by atoms with E-state index in [0.29, 0.717) is 24.2 Å². The van der Waals surface area contributed by atoms with E-state index in [1.807, 2.05) is 26.0 Å². The minimum atomic E-state index is -0.0457. The van der Waals surface area contributed by atoms with Gasteiger partial charge in [0, 0.05) is 12.2 Å². The topological polar surface area (TPSA) is 87.7 Å². The first kappa shape index (κ1) is 17.4. The van der Waals surface area contributed by atoms with Crippen molar-refractivity contribution in [3.8, 4) is 6.07 Å². The van der Waals surface area contributed by atoms with Crippen molar-refractivity contribution < 1.29 is 4.79 Å². The highest BCUT2D eigenvalue weighted by Crippen LogP contribution is 2.36. The summed E-state index contributed by atoms with van der Waals surface area (Å²) in [4.78, 5) is 14.5. The first-order valence-corrected chi connectivity index (χ1v) is 9.23. The summed E-state index contributed by atoms with van der Waals surface area (Å²) in [6, 6.07) is 8.50. The first-order valence-electron chi connectivity index (χ1n) is 8.25. The lowest BCUT2D eigenvalue weighted by atomic mass is 10.1. The zero-order valence-electron chi connectivity index (χ0n) is 14.3. The third-order valence-corrected chi connectivity index (χ3v) is 4.86. The van der Waals surface area contributed by atoms with Crippen molar-refractivity contribution in [3.63, 3.8) is 0 Å². The highest BCUT2D eigenvalue weighted by atomic mass is 32.2. The normalized spacial score (nSPS) is 13.5. The molecule has 3 rings (SSSR count). The zero-order valence-corrected chi connectivity index (χ0v) is 15.2. The number of hydrogen-bond donors (Lipinski definition) is 0. The molecular weight excluding hydrogens is 336 g/mol. The number of carbonyl (C=O) groups excluding carboxylic acids is 1. The molecule has 0 saturated heterocycles. The summed E-state index contributed by atoms with van der Waals surface area (Å²) >= 11 is 1.35. The molecule has 0 unspecified atom stereocenters. The summed E-state index contributed by atoms with van der Waals surface area (Å²) in [5.74, 6) is 0.196. The van der Waals surface area contributed by atoms with Crippen molar-refractivity contribution in [1.82, 2.24) is 20.2 Å². The Morgan fingerprint density at radius 2 is 2.08 bits per heavy atom. The number of hydrogen-bond acceptors (Lipinski definition) is 6. The van der Waals surface area contributed by atoms with Crippen LogP contribution < -0.4 is 4.90 Å². The summed E-state index contributed by atoms with van der Waals surface area (Å²) in [5, 5.41) is 21.3. The van der Waals surface area contributed by atoms with Crippen LogP contribution in [0.3, 0.4) is 0 Å². The van der Waals surface area contributed by atoms with Gasteiger partial charge in [0.15, 0.2) is 0 Å².